The topological polar surface area (TPSA) is 82.9 Å². The molecule has 4 aromatic rings. The van der Waals surface area contributed by atoms with Crippen molar-refractivity contribution in [3.8, 4) is 0 Å². The number of piperazine rings is 1. The van der Waals surface area contributed by atoms with Gasteiger partial charge in [-0.2, -0.15) is 0 Å². The smallest absolute Gasteiger partial charge is 0.253 e. The van der Waals surface area contributed by atoms with Crippen molar-refractivity contribution in [1.29, 1.82) is 0 Å². The molecule has 1 saturated heterocycles. The number of rotatable bonds is 6. The highest BCUT2D eigenvalue weighted by Gasteiger charge is 2.32. The fourth-order valence-corrected chi connectivity index (χ4v) is 4.82. The largest absolute Gasteiger partial charge is 0.322 e. The standard InChI is InChI=1S/C26H30FN7O/c1-4-32-9-11-33(12-10-32)24(22-15-20-13-17(2)18(3)14-23(20)28-26(22)35)25-29-30-31-34(25)16-19-5-7-21(27)8-6-19/h5-8,13-15,24H,4,9-12,16H2,1-3H3,(H,28,35). The van der Waals surface area contributed by atoms with Crippen molar-refractivity contribution in [2.75, 3.05) is 32.7 Å². The minimum atomic E-state index is -0.404. The van der Waals surface area contributed by atoms with E-state index < -0.39 is 6.04 Å². The van der Waals surface area contributed by atoms with Crippen molar-refractivity contribution in [3.05, 3.63) is 86.7 Å². The van der Waals surface area contributed by atoms with Crippen LogP contribution in [0.4, 0.5) is 4.39 Å². The van der Waals surface area contributed by atoms with Gasteiger partial charge in [0.05, 0.1) is 6.54 Å². The number of hydrogen-bond acceptors (Lipinski definition) is 6. The van der Waals surface area contributed by atoms with Crippen LogP contribution < -0.4 is 5.56 Å². The Kier molecular flexibility index (Phi) is 6.44. The van der Waals surface area contributed by atoms with E-state index >= 15 is 0 Å². The summed E-state index contributed by atoms with van der Waals surface area (Å²) in [4.78, 5) is 21.2. The highest BCUT2D eigenvalue weighted by molar-refractivity contribution is 5.81. The summed E-state index contributed by atoms with van der Waals surface area (Å²) in [5.74, 6) is 0.318. The average molecular weight is 476 g/mol. The Morgan fingerprint density at radius 1 is 1.03 bits per heavy atom. The summed E-state index contributed by atoms with van der Waals surface area (Å²) >= 11 is 0. The van der Waals surface area contributed by atoms with Gasteiger partial charge >= 0.3 is 0 Å². The number of pyridine rings is 1. The highest BCUT2D eigenvalue weighted by atomic mass is 19.1. The summed E-state index contributed by atoms with van der Waals surface area (Å²) in [5.41, 5.74) is 4.50. The van der Waals surface area contributed by atoms with Gasteiger partial charge in [0.25, 0.3) is 5.56 Å². The van der Waals surface area contributed by atoms with Gasteiger partial charge in [-0.25, -0.2) is 9.07 Å². The van der Waals surface area contributed by atoms with Gasteiger partial charge in [-0.3, -0.25) is 9.69 Å². The predicted molar refractivity (Wildman–Crippen MR) is 133 cm³/mol. The summed E-state index contributed by atoms with van der Waals surface area (Å²) in [7, 11) is 0. The zero-order valence-electron chi connectivity index (χ0n) is 20.3. The Labute approximate surface area is 203 Å². The number of tetrazole rings is 1. The van der Waals surface area contributed by atoms with Crippen molar-refractivity contribution in [3.63, 3.8) is 0 Å². The van der Waals surface area contributed by atoms with E-state index in [-0.39, 0.29) is 11.4 Å². The second-order valence-electron chi connectivity index (χ2n) is 9.27. The first-order valence-electron chi connectivity index (χ1n) is 12.0. The van der Waals surface area contributed by atoms with Crippen LogP contribution in [0.5, 0.6) is 0 Å². The summed E-state index contributed by atoms with van der Waals surface area (Å²) in [6.45, 7) is 11.1. The van der Waals surface area contributed by atoms with Crippen LogP contribution in [0.1, 0.15) is 41.0 Å². The Hall–Kier alpha value is -3.43. The van der Waals surface area contributed by atoms with Gasteiger partial charge in [-0.1, -0.05) is 19.1 Å². The zero-order chi connectivity index (χ0) is 24.5. The summed E-state index contributed by atoms with van der Waals surface area (Å²) in [5, 5.41) is 13.6. The molecule has 0 radical (unpaired) electrons. The fraction of sp³-hybridized carbons (Fsp3) is 0.385. The Morgan fingerprint density at radius 3 is 2.46 bits per heavy atom. The van der Waals surface area contributed by atoms with Crippen LogP contribution in [0.25, 0.3) is 10.9 Å². The number of aryl methyl sites for hydroxylation is 2. The molecular formula is C26H30FN7O. The van der Waals surface area contributed by atoms with Crippen LogP contribution in [-0.4, -0.2) is 67.7 Å². The van der Waals surface area contributed by atoms with Crippen LogP contribution in [0, 0.1) is 19.7 Å². The van der Waals surface area contributed by atoms with Crippen LogP contribution in [-0.2, 0) is 6.54 Å². The lowest BCUT2D eigenvalue weighted by molar-refractivity contribution is 0.108. The number of likely N-dealkylation sites (N-methyl/N-ethyl adjacent to an activating group) is 1. The molecule has 0 bridgehead atoms. The van der Waals surface area contributed by atoms with Crippen LogP contribution in [0.15, 0.2) is 47.3 Å². The quantitative estimate of drug-likeness (QED) is 0.462. The monoisotopic (exact) mass is 475 g/mol. The van der Waals surface area contributed by atoms with Crippen LogP contribution in [0.2, 0.25) is 0 Å². The molecule has 0 aliphatic carbocycles. The molecule has 3 heterocycles. The molecule has 5 rings (SSSR count). The molecule has 0 spiro atoms. The second-order valence-corrected chi connectivity index (χ2v) is 9.27. The first kappa shape index (κ1) is 23.3. The molecule has 35 heavy (non-hydrogen) atoms. The van der Waals surface area contributed by atoms with Gasteiger partial charge in [0.2, 0.25) is 0 Å². The van der Waals surface area contributed by atoms with E-state index in [2.05, 4.69) is 50.2 Å². The average Bonchev–Trinajstić information content (AvgIpc) is 3.30. The number of H-pyrrole nitrogens is 1. The normalized spacial score (nSPS) is 16.1. The van der Waals surface area contributed by atoms with Crippen molar-refractivity contribution in [1.82, 2.24) is 35.0 Å². The molecule has 9 heteroatoms. The SMILES string of the molecule is CCN1CCN(C(c2cc3cc(C)c(C)cc3[nH]c2=O)c2nnnn2Cc2ccc(F)cc2)CC1. The molecule has 0 saturated carbocycles. The maximum absolute atomic E-state index is 13.4. The van der Waals surface area contributed by atoms with E-state index in [1.54, 1.807) is 16.8 Å². The third-order valence-corrected chi connectivity index (χ3v) is 7.05. The Balaban J connectivity index is 1.60. The molecule has 0 amide bonds. The number of aromatic nitrogens is 5. The molecule has 1 fully saturated rings. The molecule has 1 N–H and O–H groups in total. The fourth-order valence-electron chi connectivity index (χ4n) is 4.82. The first-order valence-corrected chi connectivity index (χ1v) is 12.0. The van der Waals surface area contributed by atoms with Gasteiger partial charge in [-0.05, 0) is 83.2 Å². The maximum atomic E-state index is 13.4. The second kappa shape index (κ2) is 9.67. The molecule has 1 unspecified atom stereocenters. The molecule has 2 aromatic carbocycles. The number of fused-ring (bicyclic) bond motifs is 1. The van der Waals surface area contributed by atoms with E-state index in [1.165, 1.54) is 17.7 Å². The van der Waals surface area contributed by atoms with Crippen LogP contribution >= 0.6 is 0 Å². The lowest BCUT2D eigenvalue weighted by Gasteiger charge is -2.38. The lowest BCUT2D eigenvalue weighted by atomic mass is 10.00. The van der Waals surface area contributed by atoms with E-state index in [0.29, 0.717) is 17.9 Å². The molecule has 2 aromatic heterocycles. The lowest BCUT2D eigenvalue weighted by Crippen LogP contribution is -2.49. The van der Waals surface area contributed by atoms with Crippen molar-refractivity contribution < 1.29 is 4.39 Å². The van der Waals surface area contributed by atoms with Gasteiger partial charge in [0.1, 0.15) is 11.9 Å². The van der Waals surface area contributed by atoms with E-state index in [1.807, 2.05) is 19.1 Å². The molecule has 1 aliphatic rings. The molecule has 182 valence electrons. The van der Waals surface area contributed by atoms with E-state index in [9.17, 15) is 9.18 Å². The first-order chi connectivity index (χ1) is 16.9. The van der Waals surface area contributed by atoms with Gasteiger partial charge in [0.15, 0.2) is 5.82 Å². The number of benzene rings is 2. The number of halogens is 1. The maximum Gasteiger partial charge on any atom is 0.253 e. The van der Waals surface area contributed by atoms with Crippen LogP contribution in [0.3, 0.4) is 0 Å². The zero-order valence-corrected chi connectivity index (χ0v) is 20.3. The van der Waals surface area contributed by atoms with Crippen molar-refractivity contribution in [2.24, 2.45) is 0 Å². The third-order valence-electron chi connectivity index (χ3n) is 7.05. The summed E-state index contributed by atoms with van der Waals surface area (Å²) < 4.78 is 15.1. The van der Waals surface area contributed by atoms with E-state index in [4.69, 9.17) is 0 Å². The minimum Gasteiger partial charge on any atom is -0.322 e. The minimum absolute atomic E-state index is 0.139. The third kappa shape index (κ3) is 4.74. The van der Waals surface area contributed by atoms with Crippen molar-refractivity contribution >= 4 is 10.9 Å². The number of nitrogens with zero attached hydrogens (tertiary/aromatic N) is 6. The van der Waals surface area contributed by atoms with Crippen molar-refractivity contribution in [2.45, 2.75) is 33.4 Å². The highest BCUT2D eigenvalue weighted by Crippen LogP contribution is 2.28. The molecule has 1 aliphatic heterocycles. The van der Waals surface area contributed by atoms with E-state index in [0.717, 1.165) is 54.8 Å². The van der Waals surface area contributed by atoms with Gasteiger partial charge < -0.3 is 9.88 Å². The Morgan fingerprint density at radius 2 is 1.74 bits per heavy atom. The van der Waals surface area contributed by atoms with Gasteiger partial charge in [0, 0.05) is 37.3 Å². The number of hydrogen-bond donors (Lipinski definition) is 1. The summed E-state index contributed by atoms with van der Waals surface area (Å²) in [6.07, 6.45) is 0. The predicted octanol–water partition coefficient (Wildman–Crippen LogP) is 3.05. The summed E-state index contributed by atoms with van der Waals surface area (Å²) in [6, 6.07) is 12.0. The number of aromatic amines is 1. The van der Waals surface area contributed by atoms with Gasteiger partial charge in [-0.15, -0.1) is 5.10 Å². The molecular weight excluding hydrogens is 445 g/mol. The molecule has 8 nitrogen and oxygen atoms in total. The Bertz CT molecular complexity index is 1390. The number of nitrogens with one attached hydrogen (secondary N) is 1. The molecule has 1 atom stereocenters.